The van der Waals surface area contributed by atoms with Crippen LogP contribution >= 0.6 is 11.3 Å². The summed E-state index contributed by atoms with van der Waals surface area (Å²) >= 11 is 1.31. The fourth-order valence-corrected chi connectivity index (χ4v) is 2.57. The molecular weight excluding hydrogens is 262 g/mol. The van der Waals surface area contributed by atoms with Crippen LogP contribution in [0.15, 0.2) is 6.07 Å². The van der Waals surface area contributed by atoms with E-state index in [4.69, 9.17) is 11.5 Å². The first-order valence-corrected chi connectivity index (χ1v) is 6.99. The Kier molecular flexibility index (Phi) is 6.10. The van der Waals surface area contributed by atoms with Crippen molar-refractivity contribution >= 4 is 28.2 Å². The van der Waals surface area contributed by atoms with E-state index < -0.39 is 5.97 Å². The van der Waals surface area contributed by atoms with Crippen molar-refractivity contribution in [3.8, 4) is 12.3 Å². The lowest BCUT2D eigenvalue weighted by atomic mass is 10.2. The summed E-state index contributed by atoms with van der Waals surface area (Å²) in [6.45, 7) is 1.95. The highest BCUT2D eigenvalue weighted by atomic mass is 32.1. The molecule has 0 aliphatic rings. The lowest BCUT2D eigenvalue weighted by molar-refractivity contribution is -0.116. The van der Waals surface area contributed by atoms with Crippen molar-refractivity contribution in [3.63, 3.8) is 0 Å². The molecule has 5 heteroatoms. The van der Waals surface area contributed by atoms with Crippen LogP contribution < -0.4 is 5.32 Å². The molecule has 0 fully saturated rings. The second-order valence-electron chi connectivity index (χ2n) is 4.07. The molecule has 19 heavy (non-hydrogen) atoms. The second-order valence-corrected chi connectivity index (χ2v) is 5.21. The van der Waals surface area contributed by atoms with Gasteiger partial charge in [-0.2, -0.15) is 0 Å². The van der Waals surface area contributed by atoms with Gasteiger partial charge in [0.2, 0.25) is 5.91 Å². The molecule has 102 valence electrons. The molecule has 0 bridgehead atoms. The SMILES string of the molecule is C#CCCCCC(=O)Nc1sc(CC)cc1C(=O)O. The predicted octanol–water partition coefficient (Wildman–Crippen LogP) is 3.14. The number of aromatic carboxylic acids is 1. The van der Waals surface area contributed by atoms with Crippen LogP contribution in [0.5, 0.6) is 0 Å². The van der Waals surface area contributed by atoms with Crippen molar-refractivity contribution in [1.29, 1.82) is 0 Å². The Hall–Kier alpha value is -1.80. The third-order valence-electron chi connectivity index (χ3n) is 2.59. The summed E-state index contributed by atoms with van der Waals surface area (Å²) in [5, 5.41) is 12.2. The largest absolute Gasteiger partial charge is 0.478 e. The molecule has 4 nitrogen and oxygen atoms in total. The highest BCUT2D eigenvalue weighted by molar-refractivity contribution is 7.16. The highest BCUT2D eigenvalue weighted by Crippen LogP contribution is 2.28. The summed E-state index contributed by atoms with van der Waals surface area (Å²) in [6, 6.07) is 1.61. The van der Waals surface area contributed by atoms with E-state index in [1.807, 2.05) is 6.92 Å². The number of nitrogens with one attached hydrogen (secondary N) is 1. The van der Waals surface area contributed by atoms with Gasteiger partial charge in [0, 0.05) is 17.7 Å². The quantitative estimate of drug-likeness (QED) is 0.595. The Morgan fingerprint density at radius 3 is 2.79 bits per heavy atom. The molecule has 2 N–H and O–H groups in total. The molecule has 0 radical (unpaired) electrons. The molecule has 0 unspecified atom stereocenters. The summed E-state index contributed by atoms with van der Waals surface area (Å²) in [5.41, 5.74) is 0.166. The van der Waals surface area contributed by atoms with Crippen molar-refractivity contribution in [2.45, 2.75) is 39.0 Å². The van der Waals surface area contributed by atoms with Crippen molar-refractivity contribution < 1.29 is 14.7 Å². The summed E-state index contributed by atoms with van der Waals surface area (Å²) in [5.74, 6) is 1.34. The van der Waals surface area contributed by atoms with Gasteiger partial charge >= 0.3 is 5.97 Å². The number of carboxylic acids is 1. The van der Waals surface area contributed by atoms with Crippen LogP contribution in [0.4, 0.5) is 5.00 Å². The number of aryl methyl sites for hydroxylation is 1. The lowest BCUT2D eigenvalue weighted by Gasteiger charge is -2.03. The van der Waals surface area contributed by atoms with Crippen LogP contribution in [0.25, 0.3) is 0 Å². The number of carbonyl (C=O) groups excluding carboxylic acids is 1. The second kappa shape index (κ2) is 7.59. The van der Waals surface area contributed by atoms with Crippen molar-refractivity contribution in [3.05, 3.63) is 16.5 Å². The van der Waals surface area contributed by atoms with Gasteiger partial charge in [0.05, 0.1) is 5.56 Å². The maximum absolute atomic E-state index is 11.7. The Labute approximate surface area is 116 Å². The Morgan fingerprint density at radius 2 is 2.21 bits per heavy atom. The monoisotopic (exact) mass is 279 g/mol. The van der Waals surface area contributed by atoms with Gasteiger partial charge in [-0.1, -0.05) is 6.92 Å². The van der Waals surface area contributed by atoms with Crippen LogP contribution in [-0.2, 0) is 11.2 Å². The number of terminal acetylenes is 1. The van der Waals surface area contributed by atoms with E-state index in [9.17, 15) is 9.59 Å². The summed E-state index contributed by atoms with van der Waals surface area (Å²) < 4.78 is 0. The number of carbonyl (C=O) groups is 2. The number of thiophene rings is 1. The number of rotatable bonds is 7. The first-order chi connectivity index (χ1) is 9.08. The minimum absolute atomic E-state index is 0.163. The molecule has 0 saturated heterocycles. The van der Waals surface area contributed by atoms with E-state index in [0.29, 0.717) is 24.3 Å². The molecule has 0 saturated carbocycles. The molecule has 1 amide bonds. The number of hydrogen-bond acceptors (Lipinski definition) is 3. The van der Waals surface area contributed by atoms with Crippen LogP contribution in [-0.4, -0.2) is 17.0 Å². The number of hydrogen-bond donors (Lipinski definition) is 2. The number of carboxylic acid groups (broad SMARTS) is 1. The minimum Gasteiger partial charge on any atom is -0.478 e. The zero-order valence-corrected chi connectivity index (χ0v) is 11.7. The lowest BCUT2D eigenvalue weighted by Crippen LogP contribution is -2.12. The smallest absolute Gasteiger partial charge is 0.338 e. The summed E-state index contributed by atoms with van der Waals surface area (Å²) in [4.78, 5) is 23.7. The first-order valence-electron chi connectivity index (χ1n) is 6.17. The Bertz CT molecular complexity index is 499. The Balaban J connectivity index is 2.60. The zero-order chi connectivity index (χ0) is 14.3. The molecule has 1 heterocycles. The fraction of sp³-hybridized carbons (Fsp3) is 0.429. The summed E-state index contributed by atoms with van der Waals surface area (Å²) in [6.07, 6.45) is 8.42. The fourth-order valence-electron chi connectivity index (χ4n) is 1.57. The van der Waals surface area contributed by atoms with Crippen molar-refractivity contribution in [1.82, 2.24) is 0 Å². The highest BCUT2D eigenvalue weighted by Gasteiger charge is 2.16. The van der Waals surface area contributed by atoms with Gasteiger partial charge in [-0.3, -0.25) is 4.79 Å². The molecule has 1 aromatic rings. The number of unbranched alkanes of at least 4 members (excludes halogenated alkanes) is 2. The van der Waals surface area contributed by atoms with Gasteiger partial charge in [0.15, 0.2) is 0 Å². The summed E-state index contributed by atoms with van der Waals surface area (Å²) in [7, 11) is 0. The maximum Gasteiger partial charge on any atom is 0.338 e. The zero-order valence-electron chi connectivity index (χ0n) is 10.9. The van der Waals surface area contributed by atoms with E-state index in [1.165, 1.54) is 11.3 Å². The van der Waals surface area contributed by atoms with Crippen molar-refractivity contribution in [2.75, 3.05) is 5.32 Å². The van der Waals surface area contributed by atoms with Crippen LogP contribution in [0.3, 0.4) is 0 Å². The van der Waals surface area contributed by atoms with E-state index in [-0.39, 0.29) is 11.5 Å². The van der Waals surface area contributed by atoms with Crippen LogP contribution in [0, 0.1) is 12.3 Å². The molecule has 0 atom stereocenters. The minimum atomic E-state index is -1.02. The average molecular weight is 279 g/mol. The molecule has 1 aromatic heterocycles. The van der Waals surface area contributed by atoms with Crippen molar-refractivity contribution in [2.24, 2.45) is 0 Å². The standard InChI is InChI=1S/C14H17NO3S/c1-3-5-6-7-8-12(16)15-13-11(14(17)18)9-10(4-2)19-13/h1,9H,4-8H2,2H3,(H,15,16)(H,17,18). The van der Waals surface area contributed by atoms with Gasteiger partial charge in [-0.05, 0) is 25.3 Å². The van der Waals surface area contributed by atoms with Gasteiger partial charge in [0.1, 0.15) is 5.00 Å². The van der Waals surface area contributed by atoms with E-state index in [0.717, 1.165) is 17.7 Å². The molecule has 0 aromatic carbocycles. The first kappa shape index (κ1) is 15.3. The Morgan fingerprint density at radius 1 is 1.47 bits per heavy atom. The normalized spacial score (nSPS) is 9.89. The van der Waals surface area contributed by atoms with Crippen LogP contribution in [0.1, 0.15) is 47.8 Å². The number of amides is 1. The molecule has 0 aliphatic carbocycles. The van der Waals surface area contributed by atoms with Gasteiger partial charge in [-0.25, -0.2) is 4.79 Å². The molecule has 1 rings (SSSR count). The van der Waals surface area contributed by atoms with E-state index in [1.54, 1.807) is 6.07 Å². The van der Waals surface area contributed by atoms with E-state index in [2.05, 4.69) is 11.2 Å². The molecular formula is C14H17NO3S. The predicted molar refractivity (Wildman–Crippen MR) is 76.6 cm³/mol. The maximum atomic E-state index is 11.7. The third kappa shape index (κ3) is 4.76. The average Bonchev–Trinajstić information content (AvgIpc) is 2.78. The number of anilines is 1. The molecule has 0 spiro atoms. The van der Waals surface area contributed by atoms with Gasteiger partial charge in [0.25, 0.3) is 0 Å². The van der Waals surface area contributed by atoms with E-state index >= 15 is 0 Å². The van der Waals surface area contributed by atoms with Crippen LogP contribution in [0.2, 0.25) is 0 Å². The molecule has 0 aliphatic heterocycles. The van der Waals surface area contributed by atoms with Gasteiger partial charge < -0.3 is 10.4 Å². The van der Waals surface area contributed by atoms with Gasteiger partial charge in [-0.15, -0.1) is 23.7 Å². The topological polar surface area (TPSA) is 66.4 Å². The third-order valence-corrected chi connectivity index (χ3v) is 3.78.